The van der Waals surface area contributed by atoms with E-state index in [0.29, 0.717) is 21.2 Å². The van der Waals surface area contributed by atoms with Crippen molar-refractivity contribution < 1.29 is 22.4 Å². The molecule has 6 nitrogen and oxygen atoms in total. The Bertz CT molecular complexity index is 944. The Kier molecular flexibility index (Phi) is 6.21. The summed E-state index contributed by atoms with van der Waals surface area (Å²) in [5, 5.41) is 0. The zero-order chi connectivity index (χ0) is 20.5. The molecule has 2 heterocycles. The molecule has 2 amide bonds. The van der Waals surface area contributed by atoms with Gasteiger partial charge in [-0.1, -0.05) is 36.1 Å². The highest BCUT2D eigenvalue weighted by molar-refractivity contribution is 8.26. The van der Waals surface area contributed by atoms with Gasteiger partial charge in [0.1, 0.15) is 10.1 Å². The number of thioether (sulfide) groups is 1. The molecule has 28 heavy (non-hydrogen) atoms. The van der Waals surface area contributed by atoms with E-state index in [-0.39, 0.29) is 48.1 Å². The van der Waals surface area contributed by atoms with Gasteiger partial charge in [-0.25, -0.2) is 12.8 Å². The van der Waals surface area contributed by atoms with E-state index in [1.165, 1.54) is 21.9 Å². The standard InChI is InChI=1S/C18H19FN2O4S3/c1-20(14-7-9-28(24,25)11-14)16(22)6-8-21-17(23)15(27-18(21)26)10-12-2-4-13(19)5-3-12/h2-5,10,14H,6-9,11H2,1H3/b15-10-/t14-/m0/s1. The molecule has 0 aliphatic carbocycles. The van der Waals surface area contributed by atoms with Crippen LogP contribution in [-0.2, 0) is 19.4 Å². The Morgan fingerprint density at radius 3 is 2.68 bits per heavy atom. The molecule has 0 spiro atoms. The molecular formula is C18H19FN2O4S3. The van der Waals surface area contributed by atoms with Crippen LogP contribution >= 0.6 is 24.0 Å². The maximum Gasteiger partial charge on any atom is 0.266 e. The normalized spacial score (nSPS) is 22.9. The molecule has 10 heteroatoms. The van der Waals surface area contributed by atoms with Crippen LogP contribution in [0.4, 0.5) is 4.39 Å². The summed E-state index contributed by atoms with van der Waals surface area (Å²) < 4.78 is 36.5. The third-order valence-corrected chi connectivity index (χ3v) is 7.87. The van der Waals surface area contributed by atoms with Crippen LogP contribution in [0.1, 0.15) is 18.4 Å². The number of hydrogen-bond donors (Lipinski definition) is 0. The summed E-state index contributed by atoms with van der Waals surface area (Å²) in [5.74, 6) is -0.797. The van der Waals surface area contributed by atoms with Crippen molar-refractivity contribution in [3.63, 3.8) is 0 Å². The highest BCUT2D eigenvalue weighted by Gasteiger charge is 2.35. The number of nitrogens with zero attached hydrogens (tertiary/aromatic N) is 2. The lowest BCUT2D eigenvalue weighted by Gasteiger charge is -2.24. The van der Waals surface area contributed by atoms with Crippen molar-refractivity contribution in [1.29, 1.82) is 0 Å². The number of carbonyl (C=O) groups is 2. The van der Waals surface area contributed by atoms with Crippen LogP contribution in [0.25, 0.3) is 6.08 Å². The Labute approximate surface area is 172 Å². The number of hydrogen-bond acceptors (Lipinski definition) is 6. The third kappa shape index (κ3) is 4.79. The van der Waals surface area contributed by atoms with E-state index in [1.807, 2.05) is 0 Å². The van der Waals surface area contributed by atoms with Crippen molar-refractivity contribution in [3.05, 3.63) is 40.6 Å². The average Bonchev–Trinajstić information content (AvgIpc) is 3.13. The molecule has 2 aliphatic rings. The second-order valence-corrected chi connectivity index (χ2v) is 10.6. The predicted molar refractivity (Wildman–Crippen MR) is 111 cm³/mol. The van der Waals surface area contributed by atoms with E-state index in [2.05, 4.69) is 0 Å². The van der Waals surface area contributed by atoms with Gasteiger partial charge in [-0.05, 0) is 30.2 Å². The summed E-state index contributed by atoms with van der Waals surface area (Å²) in [6.45, 7) is 0.133. The quantitative estimate of drug-likeness (QED) is 0.513. The van der Waals surface area contributed by atoms with E-state index in [0.717, 1.165) is 11.8 Å². The van der Waals surface area contributed by atoms with Crippen molar-refractivity contribution in [3.8, 4) is 0 Å². The lowest BCUT2D eigenvalue weighted by atomic mass is 10.2. The largest absolute Gasteiger partial charge is 0.342 e. The first-order valence-electron chi connectivity index (χ1n) is 8.63. The molecule has 2 fully saturated rings. The van der Waals surface area contributed by atoms with Crippen molar-refractivity contribution in [2.75, 3.05) is 25.1 Å². The molecule has 1 atom stereocenters. The molecule has 1 aromatic carbocycles. The van der Waals surface area contributed by atoms with Crippen molar-refractivity contribution in [2.24, 2.45) is 0 Å². The van der Waals surface area contributed by atoms with Gasteiger partial charge in [-0.15, -0.1) is 0 Å². The zero-order valence-corrected chi connectivity index (χ0v) is 17.6. The van der Waals surface area contributed by atoms with Crippen LogP contribution in [0.2, 0.25) is 0 Å². The summed E-state index contributed by atoms with van der Waals surface area (Å²) in [6, 6.07) is 5.43. The first kappa shape index (κ1) is 20.9. The van der Waals surface area contributed by atoms with Crippen LogP contribution in [-0.4, -0.2) is 65.5 Å². The molecule has 3 rings (SSSR count). The van der Waals surface area contributed by atoms with E-state index < -0.39 is 9.84 Å². The fourth-order valence-electron chi connectivity index (χ4n) is 3.07. The number of sulfone groups is 1. The predicted octanol–water partition coefficient (Wildman–Crippen LogP) is 2.06. The number of benzene rings is 1. The Balaban J connectivity index is 1.60. The first-order chi connectivity index (χ1) is 13.2. The number of amides is 2. The minimum atomic E-state index is -3.08. The van der Waals surface area contributed by atoms with Crippen LogP contribution in [0, 0.1) is 5.82 Å². The Morgan fingerprint density at radius 2 is 2.07 bits per heavy atom. The Morgan fingerprint density at radius 1 is 1.39 bits per heavy atom. The fourth-order valence-corrected chi connectivity index (χ4v) is 6.15. The summed E-state index contributed by atoms with van der Waals surface area (Å²) >= 11 is 6.39. The van der Waals surface area contributed by atoms with E-state index in [9.17, 15) is 22.4 Å². The van der Waals surface area contributed by atoms with Crippen LogP contribution in [0.3, 0.4) is 0 Å². The van der Waals surface area contributed by atoms with Crippen LogP contribution < -0.4 is 0 Å². The lowest BCUT2D eigenvalue weighted by molar-refractivity contribution is -0.132. The summed E-state index contributed by atoms with van der Waals surface area (Å²) in [4.78, 5) is 28.2. The summed E-state index contributed by atoms with van der Waals surface area (Å²) in [5.41, 5.74) is 0.681. The van der Waals surface area contributed by atoms with Crippen molar-refractivity contribution in [1.82, 2.24) is 9.80 Å². The number of carbonyl (C=O) groups excluding carboxylic acids is 2. The molecule has 0 bridgehead atoms. The van der Waals surface area contributed by atoms with Gasteiger partial charge >= 0.3 is 0 Å². The van der Waals surface area contributed by atoms with Crippen molar-refractivity contribution >= 4 is 56.0 Å². The van der Waals surface area contributed by atoms with Crippen LogP contribution in [0.15, 0.2) is 29.2 Å². The van der Waals surface area contributed by atoms with Gasteiger partial charge in [0, 0.05) is 26.1 Å². The minimum absolute atomic E-state index is 0.0172. The summed E-state index contributed by atoms with van der Waals surface area (Å²) in [6.07, 6.45) is 2.13. The second kappa shape index (κ2) is 8.30. The number of thiocarbonyl (C=S) groups is 1. The zero-order valence-electron chi connectivity index (χ0n) is 15.1. The van der Waals surface area contributed by atoms with E-state index in [1.54, 1.807) is 25.3 Å². The van der Waals surface area contributed by atoms with Crippen molar-refractivity contribution in [2.45, 2.75) is 18.9 Å². The molecule has 2 saturated heterocycles. The molecule has 2 aliphatic heterocycles. The molecule has 1 aromatic rings. The maximum atomic E-state index is 13.0. The third-order valence-electron chi connectivity index (χ3n) is 4.74. The van der Waals surface area contributed by atoms with Gasteiger partial charge in [0.25, 0.3) is 5.91 Å². The van der Waals surface area contributed by atoms with Gasteiger partial charge < -0.3 is 4.90 Å². The summed E-state index contributed by atoms with van der Waals surface area (Å²) in [7, 11) is -1.49. The second-order valence-electron chi connectivity index (χ2n) is 6.70. The molecule has 0 N–H and O–H groups in total. The number of halogens is 1. The van der Waals surface area contributed by atoms with Crippen LogP contribution in [0.5, 0.6) is 0 Å². The minimum Gasteiger partial charge on any atom is -0.342 e. The van der Waals surface area contributed by atoms with E-state index in [4.69, 9.17) is 12.2 Å². The van der Waals surface area contributed by atoms with Gasteiger partial charge in [0.2, 0.25) is 5.91 Å². The topological polar surface area (TPSA) is 74.8 Å². The highest BCUT2D eigenvalue weighted by atomic mass is 32.2. The average molecular weight is 443 g/mol. The molecule has 0 unspecified atom stereocenters. The number of rotatable bonds is 5. The Hall–Kier alpha value is -1.78. The highest BCUT2D eigenvalue weighted by Crippen LogP contribution is 2.32. The molecular weight excluding hydrogens is 423 g/mol. The van der Waals surface area contributed by atoms with Gasteiger partial charge in [0.05, 0.1) is 16.4 Å². The monoisotopic (exact) mass is 442 g/mol. The molecule has 0 saturated carbocycles. The van der Waals surface area contributed by atoms with E-state index >= 15 is 0 Å². The fraction of sp³-hybridized carbons (Fsp3) is 0.389. The lowest BCUT2D eigenvalue weighted by Crippen LogP contribution is -2.40. The molecule has 0 radical (unpaired) electrons. The molecule has 150 valence electrons. The maximum absolute atomic E-state index is 13.0. The molecule has 0 aromatic heterocycles. The van der Waals surface area contributed by atoms with Gasteiger partial charge in [-0.3, -0.25) is 14.5 Å². The van der Waals surface area contributed by atoms with Gasteiger partial charge in [-0.2, -0.15) is 0 Å². The smallest absolute Gasteiger partial charge is 0.266 e. The van der Waals surface area contributed by atoms with Gasteiger partial charge in [0.15, 0.2) is 9.84 Å². The first-order valence-corrected chi connectivity index (χ1v) is 11.7. The SMILES string of the molecule is CN(C(=O)CCN1C(=O)/C(=C/c2ccc(F)cc2)SC1=S)[C@H]1CCS(=O)(=O)C1.